The van der Waals surface area contributed by atoms with E-state index in [0.717, 1.165) is 16.9 Å². The molecule has 2 heterocycles. The maximum atomic E-state index is 5.50. The highest BCUT2D eigenvalue weighted by atomic mass is 16.7. The molecule has 1 aliphatic rings. The van der Waals surface area contributed by atoms with Gasteiger partial charge in [0, 0.05) is 17.3 Å². The first kappa shape index (κ1) is 12.3. The van der Waals surface area contributed by atoms with Crippen LogP contribution in [0.3, 0.4) is 0 Å². The van der Waals surface area contributed by atoms with Gasteiger partial charge in [-0.05, 0) is 34.9 Å². The van der Waals surface area contributed by atoms with E-state index in [2.05, 4.69) is 38.7 Å². The third-order valence-corrected chi connectivity index (χ3v) is 3.58. The van der Waals surface area contributed by atoms with Crippen LogP contribution >= 0.6 is 0 Å². The Bertz CT molecular complexity index is 632. The van der Waals surface area contributed by atoms with E-state index in [1.165, 1.54) is 16.6 Å². The zero-order valence-corrected chi connectivity index (χ0v) is 11.9. The van der Waals surface area contributed by atoms with Gasteiger partial charge < -0.3 is 9.47 Å². The second-order valence-electron chi connectivity index (χ2n) is 5.66. The van der Waals surface area contributed by atoms with Crippen molar-refractivity contribution in [2.75, 3.05) is 6.79 Å². The van der Waals surface area contributed by atoms with Gasteiger partial charge in [-0.25, -0.2) is 0 Å². The number of hydrogen-bond donors (Lipinski definition) is 0. The largest absolute Gasteiger partial charge is 0.454 e. The van der Waals surface area contributed by atoms with Gasteiger partial charge in [-0.15, -0.1) is 0 Å². The number of ether oxygens (including phenoxy) is 2. The topological polar surface area (TPSA) is 31.4 Å². The molecule has 0 amide bonds. The van der Waals surface area contributed by atoms with Gasteiger partial charge in [0.2, 0.25) is 6.79 Å². The quantitative estimate of drug-likeness (QED) is 0.807. The van der Waals surface area contributed by atoms with E-state index in [9.17, 15) is 0 Å². The maximum absolute atomic E-state index is 5.50. The fourth-order valence-electron chi connectivity index (χ4n) is 2.71. The number of aromatic nitrogens is 1. The molecule has 3 nitrogen and oxygen atoms in total. The highest BCUT2D eigenvalue weighted by molar-refractivity contribution is 5.89. The fourth-order valence-corrected chi connectivity index (χ4v) is 2.71. The van der Waals surface area contributed by atoms with Crippen LogP contribution < -0.4 is 9.47 Å². The minimum atomic E-state index is 0.313. The fraction of sp³-hybridized carbons (Fsp3) is 0.438. The van der Waals surface area contributed by atoms with E-state index in [1.54, 1.807) is 0 Å². The van der Waals surface area contributed by atoms with Crippen LogP contribution in [0.1, 0.15) is 50.8 Å². The van der Waals surface area contributed by atoms with Gasteiger partial charge in [0.15, 0.2) is 11.5 Å². The van der Waals surface area contributed by atoms with E-state index in [4.69, 9.17) is 9.47 Å². The molecule has 0 aliphatic carbocycles. The molecule has 0 saturated carbocycles. The number of pyridine rings is 1. The van der Waals surface area contributed by atoms with Crippen LogP contribution in [0, 0.1) is 0 Å². The second kappa shape index (κ2) is 4.41. The molecule has 1 aromatic carbocycles. The molecule has 1 aromatic heterocycles. The van der Waals surface area contributed by atoms with Gasteiger partial charge in [-0.1, -0.05) is 27.7 Å². The van der Waals surface area contributed by atoms with Crippen LogP contribution in [0.25, 0.3) is 10.8 Å². The monoisotopic (exact) mass is 257 g/mol. The Labute approximate surface area is 113 Å². The predicted molar refractivity (Wildman–Crippen MR) is 76.0 cm³/mol. The molecule has 2 aromatic rings. The third kappa shape index (κ3) is 1.93. The lowest BCUT2D eigenvalue weighted by atomic mass is 9.91. The van der Waals surface area contributed by atoms with Crippen molar-refractivity contribution in [2.24, 2.45) is 0 Å². The zero-order chi connectivity index (χ0) is 13.6. The molecular formula is C16H19NO2. The molecule has 1 aliphatic heterocycles. The number of hydrogen-bond acceptors (Lipinski definition) is 3. The third-order valence-electron chi connectivity index (χ3n) is 3.58. The molecule has 19 heavy (non-hydrogen) atoms. The zero-order valence-electron chi connectivity index (χ0n) is 11.9. The molecule has 0 radical (unpaired) electrons. The molecule has 0 bridgehead atoms. The molecule has 3 heteroatoms. The lowest BCUT2D eigenvalue weighted by Gasteiger charge is -2.17. The van der Waals surface area contributed by atoms with Crippen LogP contribution in [0.5, 0.6) is 11.5 Å². The molecule has 0 fully saturated rings. The number of fused-ring (bicyclic) bond motifs is 2. The minimum Gasteiger partial charge on any atom is -0.454 e. The normalized spacial score (nSPS) is 13.8. The lowest BCUT2D eigenvalue weighted by molar-refractivity contribution is 0.174. The van der Waals surface area contributed by atoms with Crippen molar-refractivity contribution in [3.63, 3.8) is 0 Å². The first-order chi connectivity index (χ1) is 9.08. The molecule has 0 unspecified atom stereocenters. The summed E-state index contributed by atoms with van der Waals surface area (Å²) in [6, 6.07) is 4.13. The summed E-state index contributed by atoms with van der Waals surface area (Å²) in [5, 5.41) is 2.36. The number of rotatable bonds is 2. The number of benzene rings is 1. The molecule has 3 rings (SSSR count). The molecule has 100 valence electrons. The average molecular weight is 257 g/mol. The highest BCUT2D eigenvalue weighted by Gasteiger charge is 2.20. The van der Waals surface area contributed by atoms with Crippen molar-refractivity contribution in [2.45, 2.75) is 39.5 Å². The minimum absolute atomic E-state index is 0.313. The Hall–Kier alpha value is -1.77. The van der Waals surface area contributed by atoms with E-state index >= 15 is 0 Å². The van der Waals surface area contributed by atoms with Crippen molar-refractivity contribution in [1.82, 2.24) is 4.98 Å². The Morgan fingerprint density at radius 1 is 1.00 bits per heavy atom. The van der Waals surface area contributed by atoms with Gasteiger partial charge in [0.1, 0.15) is 0 Å². The summed E-state index contributed by atoms with van der Waals surface area (Å²) in [5.41, 5.74) is 2.51. The lowest BCUT2D eigenvalue weighted by Crippen LogP contribution is -2.03. The Morgan fingerprint density at radius 3 is 2.32 bits per heavy atom. The molecular weight excluding hydrogens is 238 g/mol. The van der Waals surface area contributed by atoms with Crippen LogP contribution in [-0.2, 0) is 0 Å². The van der Waals surface area contributed by atoms with Gasteiger partial charge >= 0.3 is 0 Å². The average Bonchev–Trinajstić information content (AvgIpc) is 2.81. The summed E-state index contributed by atoms with van der Waals surface area (Å²) >= 11 is 0. The van der Waals surface area contributed by atoms with E-state index in [1.807, 2.05) is 12.3 Å². The summed E-state index contributed by atoms with van der Waals surface area (Å²) < 4.78 is 10.9. The van der Waals surface area contributed by atoms with Gasteiger partial charge in [-0.2, -0.15) is 0 Å². The second-order valence-corrected chi connectivity index (χ2v) is 5.66. The predicted octanol–water partition coefficient (Wildman–Crippen LogP) is 4.21. The number of nitrogens with zero attached hydrogens (tertiary/aromatic N) is 1. The van der Waals surface area contributed by atoms with E-state index < -0.39 is 0 Å². The van der Waals surface area contributed by atoms with Gasteiger partial charge in [0.05, 0.1) is 0 Å². The maximum Gasteiger partial charge on any atom is 0.231 e. The van der Waals surface area contributed by atoms with Crippen molar-refractivity contribution < 1.29 is 9.47 Å². The molecule has 0 atom stereocenters. The van der Waals surface area contributed by atoms with Crippen molar-refractivity contribution in [3.05, 3.63) is 29.6 Å². The van der Waals surface area contributed by atoms with Crippen molar-refractivity contribution in [3.8, 4) is 11.5 Å². The van der Waals surface area contributed by atoms with E-state index in [0.29, 0.717) is 18.6 Å². The highest BCUT2D eigenvalue weighted by Crippen LogP contribution is 2.40. The summed E-state index contributed by atoms with van der Waals surface area (Å²) in [5.74, 6) is 2.53. The summed E-state index contributed by atoms with van der Waals surface area (Å²) in [4.78, 5) is 4.66. The standard InChI is InChI=1S/C16H19NO2/c1-9(2)15-12-6-14-13(18-8-19-14)5-11(12)7-17-16(15)10(3)4/h5-7,9-10H,8H2,1-4H3. The van der Waals surface area contributed by atoms with Crippen molar-refractivity contribution >= 4 is 10.8 Å². The summed E-state index contributed by atoms with van der Waals surface area (Å²) in [6.07, 6.45) is 1.94. The molecule has 0 N–H and O–H groups in total. The Kier molecular flexibility index (Phi) is 2.85. The first-order valence-electron chi connectivity index (χ1n) is 6.80. The smallest absolute Gasteiger partial charge is 0.231 e. The Balaban J connectivity index is 2.32. The van der Waals surface area contributed by atoms with Gasteiger partial charge in [0.25, 0.3) is 0 Å². The Morgan fingerprint density at radius 2 is 1.68 bits per heavy atom. The SMILES string of the molecule is CC(C)c1ncc2cc3c(cc2c1C(C)C)OCO3. The van der Waals surface area contributed by atoms with Crippen LogP contribution in [0.15, 0.2) is 18.3 Å². The van der Waals surface area contributed by atoms with Crippen LogP contribution in [0.2, 0.25) is 0 Å². The molecule has 0 saturated heterocycles. The summed E-state index contributed by atoms with van der Waals surface area (Å²) in [6.45, 7) is 9.12. The molecule has 0 spiro atoms. The van der Waals surface area contributed by atoms with E-state index in [-0.39, 0.29) is 0 Å². The van der Waals surface area contributed by atoms with Crippen molar-refractivity contribution in [1.29, 1.82) is 0 Å². The van der Waals surface area contributed by atoms with Crippen LogP contribution in [-0.4, -0.2) is 11.8 Å². The van der Waals surface area contributed by atoms with Gasteiger partial charge in [-0.3, -0.25) is 4.98 Å². The summed E-state index contributed by atoms with van der Waals surface area (Å²) in [7, 11) is 0. The first-order valence-corrected chi connectivity index (χ1v) is 6.80. The van der Waals surface area contributed by atoms with Crippen LogP contribution in [0.4, 0.5) is 0 Å².